The number of amides is 1. The molecule has 0 unspecified atom stereocenters. The monoisotopic (exact) mass is 363 g/mol. The minimum Gasteiger partial charge on any atom is -0.486 e. The summed E-state index contributed by atoms with van der Waals surface area (Å²) in [5, 5.41) is 0. The molecule has 0 atom stereocenters. The van der Waals surface area contributed by atoms with Gasteiger partial charge in [-0.1, -0.05) is 12.1 Å². The number of carbonyl (C=O) groups excluding carboxylic acids is 2. The number of likely N-dealkylation sites (tertiary alicyclic amines) is 1. The Bertz CT molecular complexity index is 647. The smallest absolute Gasteiger partial charge is 0.413 e. The van der Waals surface area contributed by atoms with Crippen LogP contribution in [0.3, 0.4) is 0 Å². The van der Waals surface area contributed by atoms with E-state index in [1.165, 1.54) is 0 Å². The minimum atomic E-state index is -0.993. The highest BCUT2D eigenvalue weighted by molar-refractivity contribution is 6.00. The number of Topliss-reactive ketones (excluding diaryl/α,β-unsaturated/α-hetero) is 1. The highest BCUT2D eigenvalue weighted by Gasteiger charge is 2.44. The molecule has 3 rings (SSSR count). The van der Waals surface area contributed by atoms with E-state index in [-0.39, 0.29) is 5.78 Å². The number of hydrogen-bond donors (Lipinski definition) is 0. The van der Waals surface area contributed by atoms with Crippen LogP contribution >= 0.6 is 0 Å². The molecule has 7 nitrogen and oxygen atoms in total. The molecule has 1 fully saturated rings. The maximum absolute atomic E-state index is 12.4. The number of benzene rings is 1. The Kier molecular flexibility index (Phi) is 5.78. The van der Waals surface area contributed by atoms with Gasteiger partial charge in [0.2, 0.25) is 0 Å². The lowest BCUT2D eigenvalue weighted by atomic mass is 9.82. The molecular formula is C19H25NO6. The first-order valence-corrected chi connectivity index (χ1v) is 9.07. The maximum atomic E-state index is 12.4. The molecule has 1 aromatic rings. The largest absolute Gasteiger partial charge is 0.486 e. The van der Waals surface area contributed by atoms with E-state index in [2.05, 4.69) is 0 Å². The molecule has 0 aromatic heterocycles. The molecule has 142 valence electrons. The lowest BCUT2D eigenvalue weighted by molar-refractivity contribution is -0.260. The topological polar surface area (TPSA) is 74.3 Å². The van der Waals surface area contributed by atoms with Crippen LogP contribution in [0.5, 0.6) is 5.75 Å². The van der Waals surface area contributed by atoms with Crippen molar-refractivity contribution in [1.29, 1.82) is 0 Å². The minimum absolute atomic E-state index is 0.0932. The number of rotatable bonds is 5. The summed E-state index contributed by atoms with van der Waals surface area (Å²) < 4.78 is 21.9. The van der Waals surface area contributed by atoms with Gasteiger partial charge in [-0.3, -0.25) is 4.79 Å². The molecule has 0 bridgehead atoms. The van der Waals surface area contributed by atoms with Crippen molar-refractivity contribution >= 4 is 11.9 Å². The summed E-state index contributed by atoms with van der Waals surface area (Å²) in [4.78, 5) is 26.4. The highest BCUT2D eigenvalue weighted by atomic mass is 16.9. The molecule has 1 amide bonds. The number of ether oxygens (including phenoxy) is 4. The Morgan fingerprint density at radius 3 is 2.50 bits per heavy atom. The van der Waals surface area contributed by atoms with E-state index in [4.69, 9.17) is 18.9 Å². The van der Waals surface area contributed by atoms with Crippen molar-refractivity contribution in [3.63, 3.8) is 0 Å². The predicted molar refractivity (Wildman–Crippen MR) is 93.1 cm³/mol. The molecule has 7 heteroatoms. The Hall–Kier alpha value is -2.12. The molecule has 2 heterocycles. The van der Waals surface area contributed by atoms with Gasteiger partial charge in [-0.2, -0.15) is 0 Å². The highest BCUT2D eigenvalue weighted by Crippen LogP contribution is 2.39. The van der Waals surface area contributed by atoms with Gasteiger partial charge in [0.25, 0.3) is 0 Å². The molecule has 0 aliphatic carbocycles. The molecule has 1 aromatic carbocycles. The van der Waals surface area contributed by atoms with E-state index in [0.717, 1.165) is 0 Å². The molecule has 1 spiro atoms. The fourth-order valence-electron chi connectivity index (χ4n) is 3.36. The van der Waals surface area contributed by atoms with Crippen LogP contribution in [0.25, 0.3) is 0 Å². The second-order valence-electron chi connectivity index (χ2n) is 6.45. The second-order valence-corrected chi connectivity index (χ2v) is 6.45. The normalized spacial score (nSPS) is 18.6. The standard InChI is InChI=1S/C19H25NO6/c1-3-23-18(24-4-2)25-17(22)20-11-9-19(10-12-20)13-15(21)14-7-5-6-8-16(14)26-19/h5-8,18H,3-4,9-13H2,1-2H3. The van der Waals surface area contributed by atoms with Crippen molar-refractivity contribution in [1.82, 2.24) is 4.90 Å². The lowest BCUT2D eigenvalue weighted by Gasteiger charge is -2.43. The van der Waals surface area contributed by atoms with E-state index in [1.807, 2.05) is 18.2 Å². The number of carbonyl (C=O) groups is 2. The molecule has 2 aliphatic heterocycles. The van der Waals surface area contributed by atoms with Crippen LogP contribution in [0.15, 0.2) is 24.3 Å². The quantitative estimate of drug-likeness (QED) is 0.749. The van der Waals surface area contributed by atoms with Gasteiger partial charge in [-0.15, -0.1) is 0 Å². The van der Waals surface area contributed by atoms with E-state index >= 15 is 0 Å². The molecule has 1 saturated heterocycles. The van der Waals surface area contributed by atoms with Crippen molar-refractivity contribution in [3.8, 4) is 5.75 Å². The summed E-state index contributed by atoms with van der Waals surface area (Å²) in [5.74, 6) is 0.725. The van der Waals surface area contributed by atoms with Crippen LogP contribution in [0.1, 0.15) is 43.5 Å². The van der Waals surface area contributed by atoms with E-state index in [9.17, 15) is 9.59 Å². The molecule has 2 aliphatic rings. The molecule has 0 N–H and O–H groups in total. The average molecular weight is 363 g/mol. The number of fused-ring (bicyclic) bond motifs is 1. The van der Waals surface area contributed by atoms with Crippen LogP contribution in [-0.2, 0) is 14.2 Å². The van der Waals surface area contributed by atoms with Crippen molar-refractivity contribution < 1.29 is 28.5 Å². The molecule has 0 saturated carbocycles. The van der Waals surface area contributed by atoms with Crippen molar-refractivity contribution in [3.05, 3.63) is 29.8 Å². The predicted octanol–water partition coefficient (Wildman–Crippen LogP) is 2.98. The van der Waals surface area contributed by atoms with Crippen LogP contribution < -0.4 is 4.74 Å². The first-order chi connectivity index (χ1) is 12.6. The summed E-state index contributed by atoms with van der Waals surface area (Å²) in [7, 11) is 0. The van der Waals surface area contributed by atoms with Gasteiger partial charge in [0.15, 0.2) is 5.78 Å². The third kappa shape index (κ3) is 3.99. The Morgan fingerprint density at radius 2 is 1.85 bits per heavy atom. The van der Waals surface area contributed by atoms with Gasteiger partial charge >= 0.3 is 12.6 Å². The maximum Gasteiger partial charge on any atom is 0.413 e. The van der Waals surface area contributed by atoms with E-state index in [1.54, 1.807) is 24.8 Å². The molecule has 26 heavy (non-hydrogen) atoms. The van der Waals surface area contributed by atoms with E-state index in [0.29, 0.717) is 56.9 Å². The van der Waals surface area contributed by atoms with Gasteiger partial charge in [0, 0.05) is 25.9 Å². The number of piperidine rings is 1. The van der Waals surface area contributed by atoms with Gasteiger partial charge in [-0.05, 0) is 26.0 Å². The zero-order chi connectivity index (χ0) is 18.6. The first-order valence-electron chi connectivity index (χ1n) is 9.07. The third-order valence-corrected chi connectivity index (χ3v) is 4.73. The van der Waals surface area contributed by atoms with Gasteiger partial charge < -0.3 is 23.8 Å². The SMILES string of the molecule is CCOC(OCC)OC(=O)N1CCC2(CC1)CC(=O)c1ccccc1O2. The van der Waals surface area contributed by atoms with Crippen molar-refractivity contribution in [2.45, 2.75) is 45.2 Å². The third-order valence-electron chi connectivity index (χ3n) is 4.73. The number of nitrogens with zero attached hydrogens (tertiary/aromatic N) is 1. The van der Waals surface area contributed by atoms with E-state index < -0.39 is 18.2 Å². The van der Waals surface area contributed by atoms with Crippen LogP contribution in [-0.4, -0.2) is 55.2 Å². The summed E-state index contributed by atoms with van der Waals surface area (Å²) in [6.45, 7) is 4.30. The summed E-state index contributed by atoms with van der Waals surface area (Å²) in [6.07, 6.45) is 1.02. The summed E-state index contributed by atoms with van der Waals surface area (Å²) >= 11 is 0. The number of ketones is 1. The molecule has 0 radical (unpaired) electrons. The van der Waals surface area contributed by atoms with Crippen molar-refractivity contribution in [2.75, 3.05) is 26.3 Å². The van der Waals surface area contributed by atoms with Gasteiger partial charge in [-0.25, -0.2) is 4.79 Å². The zero-order valence-electron chi connectivity index (χ0n) is 15.2. The summed E-state index contributed by atoms with van der Waals surface area (Å²) in [6, 6.07) is 7.31. The Labute approximate surface area is 153 Å². The average Bonchev–Trinajstić information content (AvgIpc) is 2.62. The van der Waals surface area contributed by atoms with Crippen molar-refractivity contribution in [2.24, 2.45) is 0 Å². The fourth-order valence-corrected chi connectivity index (χ4v) is 3.36. The zero-order valence-corrected chi connectivity index (χ0v) is 15.2. The summed E-state index contributed by atoms with van der Waals surface area (Å²) in [5.41, 5.74) is 0.0952. The van der Waals surface area contributed by atoms with Gasteiger partial charge in [0.1, 0.15) is 11.4 Å². The first kappa shape index (κ1) is 18.7. The number of hydrogen-bond acceptors (Lipinski definition) is 6. The van der Waals surface area contributed by atoms with Crippen LogP contribution in [0.2, 0.25) is 0 Å². The van der Waals surface area contributed by atoms with Gasteiger partial charge in [0.05, 0.1) is 25.2 Å². The van der Waals surface area contributed by atoms with Crippen LogP contribution in [0, 0.1) is 0 Å². The number of para-hydroxylation sites is 1. The second kappa shape index (κ2) is 8.05. The molecular weight excluding hydrogens is 338 g/mol. The lowest BCUT2D eigenvalue weighted by Crippen LogP contribution is -2.52. The van der Waals surface area contributed by atoms with Crippen LogP contribution in [0.4, 0.5) is 4.79 Å². The fraction of sp³-hybridized carbons (Fsp3) is 0.579. The Morgan fingerprint density at radius 1 is 1.19 bits per heavy atom. The Balaban J connectivity index is 1.59.